The lowest BCUT2D eigenvalue weighted by Gasteiger charge is -2.63. The molecular formula is C17H28O5. The molecule has 22 heavy (non-hydrogen) atoms. The van der Waals surface area contributed by atoms with Gasteiger partial charge in [-0.15, -0.1) is 0 Å². The lowest BCUT2D eigenvalue weighted by Crippen LogP contribution is -2.72. The molecule has 126 valence electrons. The zero-order valence-electron chi connectivity index (χ0n) is 14.3. The van der Waals surface area contributed by atoms with E-state index in [1.54, 1.807) is 7.11 Å². The normalized spacial score (nSPS) is 56.3. The number of methoxy groups -OCH3 is 1. The van der Waals surface area contributed by atoms with E-state index >= 15 is 0 Å². The van der Waals surface area contributed by atoms with Crippen LogP contribution in [0.5, 0.6) is 0 Å². The highest BCUT2D eigenvalue weighted by Gasteiger charge is 2.71. The Bertz CT molecular complexity index is 466. The first-order valence-corrected chi connectivity index (χ1v) is 8.56. The van der Waals surface area contributed by atoms with Crippen molar-refractivity contribution in [3.63, 3.8) is 0 Å². The van der Waals surface area contributed by atoms with Crippen molar-refractivity contribution >= 4 is 0 Å². The third-order valence-electron chi connectivity index (χ3n) is 6.69. The highest BCUT2D eigenvalue weighted by molar-refractivity contribution is 5.11. The van der Waals surface area contributed by atoms with E-state index in [-0.39, 0.29) is 11.7 Å². The second-order valence-corrected chi connectivity index (χ2v) is 8.38. The average molecular weight is 312 g/mol. The van der Waals surface area contributed by atoms with Crippen LogP contribution in [0.25, 0.3) is 0 Å². The molecule has 1 saturated carbocycles. The largest absolute Gasteiger partial charge is 0.355 e. The number of fused-ring (bicyclic) bond motifs is 2. The van der Waals surface area contributed by atoms with Crippen LogP contribution in [-0.4, -0.2) is 31.1 Å². The Balaban J connectivity index is 1.83. The van der Waals surface area contributed by atoms with Crippen molar-refractivity contribution in [2.24, 2.45) is 23.2 Å². The summed E-state index contributed by atoms with van der Waals surface area (Å²) in [4.78, 5) is 11.9. The van der Waals surface area contributed by atoms with Gasteiger partial charge in [-0.3, -0.25) is 0 Å². The third kappa shape index (κ3) is 1.77. The quantitative estimate of drug-likeness (QED) is 0.696. The van der Waals surface area contributed by atoms with Crippen molar-refractivity contribution in [2.45, 2.75) is 77.3 Å². The van der Waals surface area contributed by atoms with Crippen LogP contribution < -0.4 is 0 Å². The second-order valence-electron chi connectivity index (χ2n) is 8.38. The van der Waals surface area contributed by atoms with E-state index in [1.807, 2.05) is 6.92 Å². The van der Waals surface area contributed by atoms with E-state index in [0.717, 1.165) is 19.3 Å². The number of hydrogen-bond donors (Lipinski definition) is 0. The van der Waals surface area contributed by atoms with Crippen molar-refractivity contribution in [3.05, 3.63) is 0 Å². The van der Waals surface area contributed by atoms with E-state index in [0.29, 0.717) is 17.8 Å². The van der Waals surface area contributed by atoms with Crippen LogP contribution in [0.4, 0.5) is 0 Å². The van der Waals surface area contributed by atoms with Crippen LogP contribution in [0.3, 0.4) is 0 Å². The second kappa shape index (κ2) is 4.67. The molecule has 5 heteroatoms. The summed E-state index contributed by atoms with van der Waals surface area (Å²) in [5, 5.41) is 0. The molecule has 1 spiro atoms. The summed E-state index contributed by atoms with van der Waals surface area (Å²) in [5.41, 5.74) is -0.652. The van der Waals surface area contributed by atoms with Crippen LogP contribution in [0.2, 0.25) is 0 Å². The first-order valence-electron chi connectivity index (χ1n) is 8.56. The summed E-state index contributed by atoms with van der Waals surface area (Å²) in [6.07, 6.45) is 3.51. The number of ether oxygens (including phenoxy) is 3. The first-order chi connectivity index (χ1) is 10.3. The van der Waals surface area contributed by atoms with Gasteiger partial charge in [-0.25, -0.2) is 9.78 Å². The van der Waals surface area contributed by atoms with Gasteiger partial charge in [0.15, 0.2) is 18.2 Å². The molecule has 0 aromatic heterocycles. The Morgan fingerprint density at radius 3 is 2.55 bits per heavy atom. The highest BCUT2D eigenvalue weighted by atomic mass is 17.3. The molecule has 4 saturated heterocycles. The Hall–Kier alpha value is -0.200. The van der Waals surface area contributed by atoms with Crippen molar-refractivity contribution in [3.8, 4) is 0 Å². The molecule has 4 aliphatic heterocycles. The lowest BCUT2D eigenvalue weighted by molar-refractivity contribution is -0.582. The van der Waals surface area contributed by atoms with Gasteiger partial charge in [-0.05, 0) is 38.0 Å². The van der Waals surface area contributed by atoms with Gasteiger partial charge < -0.3 is 14.2 Å². The van der Waals surface area contributed by atoms with Gasteiger partial charge in [0.2, 0.25) is 5.79 Å². The van der Waals surface area contributed by atoms with Crippen LogP contribution in [0.1, 0.15) is 53.4 Å². The van der Waals surface area contributed by atoms with Gasteiger partial charge in [-0.1, -0.05) is 20.8 Å². The van der Waals surface area contributed by atoms with Crippen LogP contribution >= 0.6 is 0 Å². The van der Waals surface area contributed by atoms with Crippen molar-refractivity contribution in [1.29, 1.82) is 0 Å². The zero-order chi connectivity index (χ0) is 15.8. The molecule has 7 atom stereocenters. The summed E-state index contributed by atoms with van der Waals surface area (Å²) in [5.74, 6) is 0.576. The smallest absolute Gasteiger partial charge is 0.201 e. The maximum Gasteiger partial charge on any atom is 0.201 e. The molecule has 0 amide bonds. The maximum absolute atomic E-state index is 6.26. The van der Waals surface area contributed by atoms with Crippen LogP contribution in [0.15, 0.2) is 0 Å². The molecule has 4 heterocycles. The van der Waals surface area contributed by atoms with Gasteiger partial charge in [-0.2, -0.15) is 0 Å². The predicted molar refractivity (Wildman–Crippen MR) is 78.5 cm³/mol. The van der Waals surface area contributed by atoms with E-state index in [1.165, 1.54) is 6.42 Å². The summed E-state index contributed by atoms with van der Waals surface area (Å²) < 4.78 is 18.2. The first kappa shape index (κ1) is 15.3. The van der Waals surface area contributed by atoms with E-state index in [4.69, 9.17) is 24.0 Å². The van der Waals surface area contributed by atoms with E-state index in [9.17, 15) is 0 Å². The van der Waals surface area contributed by atoms with Gasteiger partial charge in [0.1, 0.15) is 0 Å². The zero-order valence-corrected chi connectivity index (χ0v) is 14.3. The minimum atomic E-state index is -0.711. The Labute approximate surface area is 132 Å². The molecule has 0 aromatic rings. The standard InChI is InChI=1S/C17H28O5/c1-10-6-7-12-15(2,3)13(18-5)19-14-17(12)11(10)8-9-16(4,20-14)21-22-17/h10-14H,6-9H2,1-5H3/t10-,11+,12+,13+,14-,16-,17-/m1/s1. The molecule has 5 rings (SSSR count). The fourth-order valence-electron chi connectivity index (χ4n) is 5.48. The van der Waals surface area contributed by atoms with E-state index < -0.39 is 17.7 Å². The van der Waals surface area contributed by atoms with Crippen LogP contribution in [-0.2, 0) is 24.0 Å². The molecular weight excluding hydrogens is 284 g/mol. The highest BCUT2D eigenvalue weighted by Crippen LogP contribution is 2.63. The average Bonchev–Trinajstić information content (AvgIpc) is 2.69. The molecule has 5 aliphatic rings. The molecule has 5 fully saturated rings. The lowest BCUT2D eigenvalue weighted by atomic mass is 9.54. The molecule has 0 N–H and O–H groups in total. The van der Waals surface area contributed by atoms with E-state index in [2.05, 4.69) is 20.8 Å². The summed E-state index contributed by atoms with van der Waals surface area (Å²) in [6.45, 7) is 8.70. The van der Waals surface area contributed by atoms with Crippen molar-refractivity contribution in [1.82, 2.24) is 0 Å². The van der Waals surface area contributed by atoms with Gasteiger partial charge in [0.25, 0.3) is 0 Å². The Morgan fingerprint density at radius 1 is 1.05 bits per heavy atom. The molecule has 0 unspecified atom stereocenters. The minimum Gasteiger partial charge on any atom is -0.355 e. The fourth-order valence-corrected chi connectivity index (χ4v) is 5.48. The third-order valence-corrected chi connectivity index (χ3v) is 6.69. The summed E-state index contributed by atoms with van der Waals surface area (Å²) in [7, 11) is 1.71. The topological polar surface area (TPSA) is 46.2 Å². The van der Waals surface area contributed by atoms with Crippen molar-refractivity contribution in [2.75, 3.05) is 7.11 Å². The Morgan fingerprint density at radius 2 is 1.82 bits per heavy atom. The molecule has 5 nitrogen and oxygen atoms in total. The van der Waals surface area contributed by atoms with Crippen LogP contribution in [0, 0.1) is 23.2 Å². The van der Waals surface area contributed by atoms with Gasteiger partial charge in [0.05, 0.1) is 0 Å². The van der Waals surface area contributed by atoms with Gasteiger partial charge >= 0.3 is 0 Å². The molecule has 0 radical (unpaired) electrons. The fraction of sp³-hybridized carbons (Fsp3) is 1.00. The molecule has 1 aliphatic carbocycles. The Kier molecular flexibility index (Phi) is 3.25. The minimum absolute atomic E-state index is 0.144. The van der Waals surface area contributed by atoms with Crippen molar-refractivity contribution < 1.29 is 24.0 Å². The molecule has 2 bridgehead atoms. The maximum atomic E-state index is 6.26. The monoisotopic (exact) mass is 312 g/mol. The summed E-state index contributed by atoms with van der Waals surface area (Å²) in [6, 6.07) is 0. The summed E-state index contributed by atoms with van der Waals surface area (Å²) >= 11 is 0. The molecule has 0 aromatic carbocycles. The SMILES string of the molecule is CO[C@H]1O[C@@H]2O[C@@]3(C)CC[C@H]4[C@H](C)CC[C@@H](C1(C)C)[C@@]24OO3. The number of rotatable bonds is 1. The number of hydrogen-bond acceptors (Lipinski definition) is 5. The van der Waals surface area contributed by atoms with Gasteiger partial charge in [0, 0.05) is 24.9 Å². The predicted octanol–water partition coefficient (Wildman–Crippen LogP) is 3.23.